The summed E-state index contributed by atoms with van der Waals surface area (Å²) in [5.41, 5.74) is 2.40. The molecule has 0 heterocycles. The van der Waals surface area contributed by atoms with Gasteiger partial charge in [0.05, 0.1) is 0 Å². The molecule has 4 fully saturated rings. The highest BCUT2D eigenvalue weighted by molar-refractivity contribution is 5.91. The average Bonchev–Trinajstić information content (AvgIpc) is 3.23. The lowest BCUT2D eigenvalue weighted by Crippen LogP contribution is -2.64. The van der Waals surface area contributed by atoms with E-state index in [-0.39, 0.29) is 58.3 Å². The fourth-order valence-corrected chi connectivity index (χ4v) is 10.1. The summed E-state index contributed by atoms with van der Waals surface area (Å²) in [4.78, 5) is 53.8. The maximum absolute atomic E-state index is 14.5. The van der Waals surface area contributed by atoms with Gasteiger partial charge in [-0.25, -0.2) is 4.79 Å². The van der Waals surface area contributed by atoms with Crippen molar-refractivity contribution in [3.05, 3.63) is 58.7 Å². The zero-order chi connectivity index (χ0) is 32.0. The van der Waals surface area contributed by atoms with Crippen LogP contribution < -0.4 is 0 Å². The quantitative estimate of drug-likeness (QED) is 0.180. The van der Waals surface area contributed by atoms with Crippen molar-refractivity contribution < 1.29 is 28.7 Å². The van der Waals surface area contributed by atoms with Crippen molar-refractivity contribution in [3.8, 4) is 0 Å². The van der Waals surface area contributed by atoms with E-state index in [1.165, 1.54) is 6.92 Å². The molecule has 0 N–H and O–H groups in total. The molecule has 0 spiro atoms. The van der Waals surface area contributed by atoms with Crippen molar-refractivity contribution in [1.29, 1.82) is 0 Å². The molecule has 4 aliphatic rings. The third-order valence-electron chi connectivity index (χ3n) is 12.3. The van der Waals surface area contributed by atoms with Crippen molar-refractivity contribution >= 4 is 23.5 Å². The van der Waals surface area contributed by atoms with Gasteiger partial charge >= 0.3 is 11.9 Å². The van der Waals surface area contributed by atoms with E-state index in [1.807, 2.05) is 44.2 Å². The summed E-state index contributed by atoms with van der Waals surface area (Å²) >= 11 is 0. The van der Waals surface area contributed by atoms with Crippen LogP contribution in [0.4, 0.5) is 0 Å². The number of Topliss-reactive ketones (excluding diaryl/α,β-unsaturated/α-hetero) is 2. The Morgan fingerprint density at radius 3 is 2.34 bits per heavy atom. The fourth-order valence-electron chi connectivity index (χ4n) is 10.1. The van der Waals surface area contributed by atoms with Crippen molar-refractivity contribution in [2.45, 2.75) is 113 Å². The van der Waals surface area contributed by atoms with Gasteiger partial charge in [0.1, 0.15) is 24.3 Å². The number of carbonyl (C=O) groups is 4. The van der Waals surface area contributed by atoms with Gasteiger partial charge in [-0.15, -0.1) is 0 Å². The van der Waals surface area contributed by atoms with E-state index in [4.69, 9.17) is 9.47 Å². The number of fused-ring (bicyclic) bond motifs is 5. The van der Waals surface area contributed by atoms with Crippen molar-refractivity contribution in [3.63, 3.8) is 0 Å². The molecule has 1 aromatic rings. The van der Waals surface area contributed by atoms with Crippen LogP contribution in [0.1, 0.15) is 105 Å². The Morgan fingerprint density at radius 2 is 1.68 bits per heavy atom. The summed E-state index contributed by atoms with van der Waals surface area (Å²) in [6.45, 7) is 14.5. The molecule has 0 amide bonds. The highest BCUT2D eigenvalue weighted by Crippen LogP contribution is 2.73. The smallest absolute Gasteiger partial charge is 0.334 e. The van der Waals surface area contributed by atoms with Crippen molar-refractivity contribution in [2.24, 2.45) is 39.9 Å². The molecule has 1 aromatic carbocycles. The third kappa shape index (κ3) is 5.41. The number of ether oxygens (including phenoxy) is 2. The molecule has 6 heteroatoms. The Kier molecular flexibility index (Phi) is 8.87. The molecule has 0 aromatic heterocycles. The summed E-state index contributed by atoms with van der Waals surface area (Å²) < 4.78 is 12.0. The Labute approximate surface area is 263 Å². The lowest BCUT2D eigenvalue weighted by molar-refractivity contribution is -0.191. The minimum absolute atomic E-state index is 0.0366. The van der Waals surface area contributed by atoms with Gasteiger partial charge in [-0.2, -0.15) is 0 Å². The van der Waals surface area contributed by atoms with E-state index in [9.17, 15) is 19.2 Å². The number of allylic oxidation sites excluding steroid dienone is 2. The molecule has 0 bridgehead atoms. The normalized spacial score (nSPS) is 37.3. The minimum Gasteiger partial charge on any atom is -0.458 e. The van der Waals surface area contributed by atoms with Crippen LogP contribution in [-0.4, -0.2) is 29.6 Å². The summed E-state index contributed by atoms with van der Waals surface area (Å²) in [6, 6.07) is 9.61. The van der Waals surface area contributed by atoms with Gasteiger partial charge in [-0.05, 0) is 91.6 Å². The lowest BCUT2D eigenvalue weighted by Gasteiger charge is -2.66. The first kappa shape index (κ1) is 32.4. The van der Waals surface area contributed by atoms with E-state index in [1.54, 1.807) is 0 Å². The molecule has 4 saturated carbocycles. The molecule has 4 aliphatic carbocycles. The van der Waals surface area contributed by atoms with Crippen molar-refractivity contribution in [2.75, 3.05) is 0 Å². The van der Waals surface area contributed by atoms with Gasteiger partial charge in [-0.3, -0.25) is 14.4 Å². The van der Waals surface area contributed by atoms with Gasteiger partial charge in [-0.1, -0.05) is 69.7 Å². The highest BCUT2D eigenvalue weighted by atomic mass is 16.5. The Hall–Kier alpha value is -3.02. The largest absolute Gasteiger partial charge is 0.458 e. The van der Waals surface area contributed by atoms with E-state index >= 15 is 0 Å². The molecular formula is C38H50O6. The Morgan fingerprint density at radius 1 is 0.977 bits per heavy atom. The second-order valence-corrected chi connectivity index (χ2v) is 15.0. The first-order valence-corrected chi connectivity index (χ1v) is 16.5. The molecule has 5 rings (SSSR count). The third-order valence-corrected chi connectivity index (χ3v) is 12.3. The van der Waals surface area contributed by atoms with Crippen LogP contribution in [0.3, 0.4) is 0 Å². The molecule has 0 aliphatic heterocycles. The molecule has 6 nitrogen and oxygen atoms in total. The number of hydrogen-bond donors (Lipinski definition) is 0. The Balaban J connectivity index is 1.59. The van der Waals surface area contributed by atoms with E-state index < -0.39 is 12.1 Å². The molecule has 44 heavy (non-hydrogen) atoms. The van der Waals surface area contributed by atoms with Crippen LogP contribution in [0.15, 0.2) is 53.1 Å². The number of carbonyl (C=O) groups excluding carboxylic acids is 4. The number of benzene rings is 1. The van der Waals surface area contributed by atoms with Gasteiger partial charge in [0, 0.05) is 37.2 Å². The predicted molar refractivity (Wildman–Crippen MR) is 169 cm³/mol. The van der Waals surface area contributed by atoms with Crippen LogP contribution >= 0.6 is 0 Å². The average molecular weight is 603 g/mol. The summed E-state index contributed by atoms with van der Waals surface area (Å²) in [5, 5.41) is 0. The zero-order valence-electron chi connectivity index (χ0n) is 27.7. The monoisotopic (exact) mass is 602 g/mol. The van der Waals surface area contributed by atoms with Crippen molar-refractivity contribution in [1.82, 2.24) is 0 Å². The fraction of sp³-hybridized carbons (Fsp3) is 0.632. The van der Waals surface area contributed by atoms with E-state index in [0.29, 0.717) is 43.5 Å². The first-order chi connectivity index (χ1) is 20.7. The maximum Gasteiger partial charge on any atom is 0.334 e. The summed E-state index contributed by atoms with van der Waals surface area (Å²) in [7, 11) is 0. The molecular weight excluding hydrogens is 552 g/mol. The lowest BCUT2D eigenvalue weighted by atomic mass is 9.37. The standard InChI is InChI=1S/C38H50O6/c1-23(2)12-11-15-27(35(42)43-22-26-13-9-8-10-14-26)33-29-20-31(41)34-36(5)18-17-30(40)24(3)28(36)16-19-37(34,6)38(29,7)21-32(33)44-25(4)39/h8-10,12-14,24,28-29,32,34H,11,15-22H2,1-7H3/b33-27-/t24-,28?,29?,32-,34?,36-,37-,38-/m0/s1. The van der Waals surface area contributed by atoms with Crippen LogP contribution in [0.5, 0.6) is 0 Å². The summed E-state index contributed by atoms with van der Waals surface area (Å²) in [6.07, 6.45) is 6.50. The topological polar surface area (TPSA) is 86.7 Å². The maximum atomic E-state index is 14.5. The summed E-state index contributed by atoms with van der Waals surface area (Å²) in [5.74, 6) is -0.492. The van der Waals surface area contributed by atoms with Crippen LogP contribution in [0, 0.1) is 39.9 Å². The van der Waals surface area contributed by atoms with E-state index in [0.717, 1.165) is 36.0 Å². The number of hydrogen-bond acceptors (Lipinski definition) is 6. The van der Waals surface area contributed by atoms with E-state index in [2.05, 4.69) is 33.8 Å². The molecule has 238 valence electrons. The Bertz CT molecular complexity index is 1380. The number of esters is 2. The first-order valence-electron chi connectivity index (χ1n) is 16.5. The highest BCUT2D eigenvalue weighted by Gasteiger charge is 2.71. The van der Waals surface area contributed by atoms with Gasteiger partial charge in [0.15, 0.2) is 0 Å². The molecule has 8 atom stereocenters. The molecule has 0 saturated heterocycles. The number of rotatable bonds is 7. The van der Waals surface area contributed by atoms with Gasteiger partial charge in [0.25, 0.3) is 0 Å². The second kappa shape index (κ2) is 12.1. The molecule has 0 radical (unpaired) electrons. The van der Waals surface area contributed by atoms with Crippen LogP contribution in [-0.2, 0) is 35.3 Å². The predicted octanol–water partition coefficient (Wildman–Crippen LogP) is 7.74. The molecule has 3 unspecified atom stereocenters. The minimum atomic E-state index is -0.589. The zero-order valence-corrected chi connectivity index (χ0v) is 27.7. The van der Waals surface area contributed by atoms with Crippen LogP contribution in [0.2, 0.25) is 0 Å². The second-order valence-electron chi connectivity index (χ2n) is 15.0. The SMILES string of the molecule is CC(=O)O[C@H]1C[C@@]2(C)C(CC(=O)C3[C@@]4(C)CCC(=O)[C@@H](C)C4CC[C@@]32C)/C1=C(\CCC=C(C)C)C(=O)OCc1ccccc1. The van der Waals surface area contributed by atoms with Gasteiger partial charge < -0.3 is 9.47 Å². The number of ketones is 2. The van der Waals surface area contributed by atoms with Crippen LogP contribution in [0.25, 0.3) is 0 Å². The van der Waals surface area contributed by atoms with Gasteiger partial charge in [0.2, 0.25) is 0 Å².